The number of aryl methyl sites for hydroxylation is 2. The molecule has 5 nitrogen and oxygen atoms in total. The van der Waals surface area contributed by atoms with Crippen molar-refractivity contribution in [3.63, 3.8) is 0 Å². The van der Waals surface area contributed by atoms with Crippen LogP contribution >= 0.6 is 11.8 Å². The normalized spacial score (nSPS) is 12.3. The van der Waals surface area contributed by atoms with Gasteiger partial charge in [-0.3, -0.25) is 4.79 Å². The molecule has 2 heterocycles. The van der Waals surface area contributed by atoms with E-state index in [4.69, 9.17) is 0 Å². The van der Waals surface area contributed by atoms with E-state index in [0.717, 1.165) is 35.6 Å². The van der Waals surface area contributed by atoms with Crippen LogP contribution in [0.3, 0.4) is 0 Å². The van der Waals surface area contributed by atoms with E-state index in [0.29, 0.717) is 5.65 Å². The summed E-state index contributed by atoms with van der Waals surface area (Å²) in [5, 5.41) is 3.67. The third-order valence-corrected chi connectivity index (χ3v) is 5.65. The van der Waals surface area contributed by atoms with Gasteiger partial charge in [0, 0.05) is 11.9 Å². The van der Waals surface area contributed by atoms with Gasteiger partial charge in [-0.05, 0) is 42.5 Å². The standard InChI is InChI=1S/C20H24N4OS/c1-4-13-9-7-10-14(5-2)17(13)23-19(25)16(6-3)26-20-22-15-11-8-12-21-18(15)24-20/h7-12,16H,4-6H2,1-3H3,(H,23,25)(H,21,22,24). The third-order valence-electron chi connectivity index (χ3n) is 4.40. The fourth-order valence-corrected chi connectivity index (χ4v) is 3.85. The maximum atomic E-state index is 12.9. The Bertz CT molecular complexity index is 850. The zero-order valence-electron chi connectivity index (χ0n) is 15.4. The molecule has 0 aliphatic heterocycles. The molecule has 3 rings (SSSR count). The summed E-state index contributed by atoms with van der Waals surface area (Å²) < 4.78 is 0. The summed E-state index contributed by atoms with van der Waals surface area (Å²) in [5.41, 5.74) is 4.87. The lowest BCUT2D eigenvalue weighted by atomic mass is 10.0. The van der Waals surface area contributed by atoms with E-state index in [1.807, 2.05) is 19.1 Å². The smallest absolute Gasteiger partial charge is 0.237 e. The second-order valence-corrected chi connectivity index (χ2v) is 7.27. The first-order valence-corrected chi connectivity index (χ1v) is 9.93. The van der Waals surface area contributed by atoms with Gasteiger partial charge >= 0.3 is 0 Å². The van der Waals surface area contributed by atoms with E-state index in [1.54, 1.807) is 6.20 Å². The van der Waals surface area contributed by atoms with Gasteiger partial charge < -0.3 is 10.3 Å². The van der Waals surface area contributed by atoms with Gasteiger partial charge in [0.15, 0.2) is 10.8 Å². The number of aromatic amines is 1. The fourth-order valence-electron chi connectivity index (χ4n) is 2.94. The van der Waals surface area contributed by atoms with E-state index in [1.165, 1.54) is 22.9 Å². The number of carbonyl (C=O) groups is 1. The molecular formula is C20H24N4OS. The third kappa shape index (κ3) is 3.90. The van der Waals surface area contributed by atoms with Gasteiger partial charge in [0.1, 0.15) is 0 Å². The van der Waals surface area contributed by atoms with Crippen LogP contribution in [0, 0.1) is 0 Å². The molecule has 136 valence electrons. The molecule has 0 saturated carbocycles. The molecule has 2 N–H and O–H groups in total. The van der Waals surface area contributed by atoms with Crippen molar-refractivity contribution in [2.45, 2.75) is 50.4 Å². The second-order valence-electron chi connectivity index (χ2n) is 6.08. The molecule has 0 radical (unpaired) electrons. The fraction of sp³-hybridized carbons (Fsp3) is 0.350. The topological polar surface area (TPSA) is 70.7 Å². The monoisotopic (exact) mass is 368 g/mol. The number of thioether (sulfide) groups is 1. The highest BCUT2D eigenvalue weighted by Gasteiger charge is 2.21. The predicted octanol–water partition coefficient (Wildman–Crippen LogP) is 4.59. The molecule has 0 fully saturated rings. The zero-order chi connectivity index (χ0) is 18.5. The first-order valence-electron chi connectivity index (χ1n) is 9.05. The number of carbonyl (C=O) groups excluding carboxylic acids is 1. The van der Waals surface area contributed by atoms with Crippen LogP contribution in [0.5, 0.6) is 0 Å². The SMILES string of the molecule is CCc1cccc(CC)c1NC(=O)C(CC)Sc1nc2ncccc2[nH]1. The van der Waals surface area contributed by atoms with Crippen LogP contribution in [0.1, 0.15) is 38.3 Å². The van der Waals surface area contributed by atoms with E-state index in [9.17, 15) is 4.79 Å². The Hall–Kier alpha value is -2.34. The molecule has 26 heavy (non-hydrogen) atoms. The lowest BCUT2D eigenvalue weighted by Crippen LogP contribution is -2.26. The van der Waals surface area contributed by atoms with Crippen LogP contribution in [0.25, 0.3) is 11.2 Å². The van der Waals surface area contributed by atoms with Gasteiger partial charge in [0.2, 0.25) is 5.91 Å². The number of rotatable bonds is 7. The van der Waals surface area contributed by atoms with Crippen molar-refractivity contribution in [2.24, 2.45) is 0 Å². The van der Waals surface area contributed by atoms with Crippen molar-refractivity contribution in [3.05, 3.63) is 47.7 Å². The summed E-state index contributed by atoms with van der Waals surface area (Å²) in [5.74, 6) is 0.0153. The van der Waals surface area contributed by atoms with Crippen molar-refractivity contribution >= 4 is 34.5 Å². The van der Waals surface area contributed by atoms with Crippen LogP contribution in [-0.4, -0.2) is 26.1 Å². The zero-order valence-corrected chi connectivity index (χ0v) is 16.2. The number of pyridine rings is 1. The number of H-pyrrole nitrogens is 1. The Morgan fingerprint density at radius 1 is 1.15 bits per heavy atom. The van der Waals surface area contributed by atoms with E-state index in [-0.39, 0.29) is 11.2 Å². The average Bonchev–Trinajstić information content (AvgIpc) is 3.08. The Balaban J connectivity index is 1.79. The van der Waals surface area contributed by atoms with Crippen LogP contribution in [-0.2, 0) is 17.6 Å². The number of fused-ring (bicyclic) bond motifs is 1. The number of nitrogens with one attached hydrogen (secondary N) is 2. The first-order chi connectivity index (χ1) is 12.7. The molecule has 0 bridgehead atoms. The van der Waals surface area contributed by atoms with Gasteiger partial charge in [-0.15, -0.1) is 0 Å². The maximum Gasteiger partial charge on any atom is 0.237 e. The number of imidazole rings is 1. The van der Waals surface area contributed by atoms with Gasteiger partial charge in [0.05, 0.1) is 10.8 Å². The number of amides is 1. The number of hydrogen-bond donors (Lipinski definition) is 2. The number of nitrogens with zero attached hydrogens (tertiary/aromatic N) is 2. The molecule has 6 heteroatoms. The highest BCUT2D eigenvalue weighted by molar-refractivity contribution is 8.00. The Labute approximate surface area is 158 Å². The number of para-hydroxylation sites is 1. The number of anilines is 1. The number of benzene rings is 1. The summed E-state index contributed by atoms with van der Waals surface area (Å²) in [6.07, 6.45) is 4.22. The molecule has 1 aromatic carbocycles. The van der Waals surface area contributed by atoms with Crippen LogP contribution in [0.4, 0.5) is 5.69 Å². The Kier molecular flexibility index (Phi) is 5.93. The van der Waals surface area contributed by atoms with E-state index >= 15 is 0 Å². The molecule has 1 amide bonds. The Morgan fingerprint density at radius 2 is 1.88 bits per heavy atom. The summed E-state index contributed by atoms with van der Waals surface area (Å²) in [6, 6.07) is 10.0. The second kappa shape index (κ2) is 8.36. The highest BCUT2D eigenvalue weighted by atomic mass is 32.2. The minimum absolute atomic E-state index is 0.0153. The molecule has 3 aromatic rings. The molecule has 0 aliphatic rings. The van der Waals surface area contributed by atoms with Crippen molar-refractivity contribution in [1.82, 2.24) is 15.0 Å². The largest absolute Gasteiger partial charge is 0.332 e. The van der Waals surface area contributed by atoms with Gasteiger partial charge in [-0.25, -0.2) is 9.97 Å². The van der Waals surface area contributed by atoms with Crippen LogP contribution < -0.4 is 5.32 Å². The van der Waals surface area contributed by atoms with Gasteiger partial charge in [-0.2, -0.15) is 0 Å². The molecule has 0 saturated heterocycles. The van der Waals surface area contributed by atoms with E-state index < -0.39 is 0 Å². The van der Waals surface area contributed by atoms with Gasteiger partial charge in [-0.1, -0.05) is 50.7 Å². The molecule has 0 spiro atoms. The lowest BCUT2D eigenvalue weighted by molar-refractivity contribution is -0.115. The quantitative estimate of drug-likeness (QED) is 0.598. The van der Waals surface area contributed by atoms with Gasteiger partial charge in [0.25, 0.3) is 0 Å². The lowest BCUT2D eigenvalue weighted by Gasteiger charge is -2.18. The maximum absolute atomic E-state index is 12.9. The minimum Gasteiger partial charge on any atom is -0.332 e. The average molecular weight is 369 g/mol. The van der Waals surface area contributed by atoms with Crippen molar-refractivity contribution in [1.29, 1.82) is 0 Å². The van der Waals surface area contributed by atoms with E-state index in [2.05, 4.69) is 52.3 Å². The summed E-state index contributed by atoms with van der Waals surface area (Å²) in [6.45, 7) is 6.24. The molecule has 1 atom stereocenters. The minimum atomic E-state index is -0.217. The van der Waals surface area contributed by atoms with Crippen molar-refractivity contribution in [3.8, 4) is 0 Å². The van der Waals surface area contributed by atoms with Crippen LogP contribution in [0.15, 0.2) is 41.7 Å². The summed E-state index contributed by atoms with van der Waals surface area (Å²) in [7, 11) is 0. The molecule has 1 unspecified atom stereocenters. The number of hydrogen-bond acceptors (Lipinski definition) is 4. The summed E-state index contributed by atoms with van der Waals surface area (Å²) >= 11 is 1.45. The van der Waals surface area contributed by atoms with Crippen LogP contribution in [0.2, 0.25) is 0 Å². The molecular weight excluding hydrogens is 344 g/mol. The number of aromatic nitrogens is 3. The summed E-state index contributed by atoms with van der Waals surface area (Å²) in [4.78, 5) is 24.9. The predicted molar refractivity (Wildman–Crippen MR) is 108 cm³/mol. The Morgan fingerprint density at radius 3 is 2.50 bits per heavy atom. The van der Waals surface area contributed by atoms with Crippen molar-refractivity contribution in [2.75, 3.05) is 5.32 Å². The first kappa shape index (κ1) is 18.5. The molecule has 0 aliphatic carbocycles. The van der Waals surface area contributed by atoms with Crippen molar-refractivity contribution < 1.29 is 4.79 Å². The molecule has 2 aromatic heterocycles. The highest BCUT2D eigenvalue weighted by Crippen LogP contribution is 2.28.